The second-order valence-corrected chi connectivity index (χ2v) is 14.1. The topological polar surface area (TPSA) is 3.24 Å². The van der Waals surface area contributed by atoms with Gasteiger partial charge in [-0.15, -0.1) is 11.3 Å². The van der Waals surface area contributed by atoms with Crippen molar-refractivity contribution in [1.29, 1.82) is 0 Å². The van der Waals surface area contributed by atoms with Crippen LogP contribution in [0.3, 0.4) is 0 Å². The summed E-state index contributed by atoms with van der Waals surface area (Å²) < 4.78 is 2.61. The van der Waals surface area contributed by atoms with Gasteiger partial charge in [0.1, 0.15) is 0 Å². The lowest BCUT2D eigenvalue weighted by molar-refractivity contribution is 1.29. The normalized spacial score (nSPS) is 11.6. The molecule has 0 aliphatic rings. The summed E-state index contributed by atoms with van der Waals surface area (Å²) in [7, 11) is 0. The Balaban J connectivity index is 1.15. The summed E-state index contributed by atoms with van der Waals surface area (Å²) in [4.78, 5) is 2.40. The maximum Gasteiger partial charge on any atom is 0.0476 e. The molecule has 0 spiro atoms. The molecule has 0 N–H and O–H groups in total. The first-order valence-corrected chi connectivity index (χ1v) is 17.9. The van der Waals surface area contributed by atoms with Gasteiger partial charge in [-0.25, -0.2) is 0 Å². The van der Waals surface area contributed by atoms with Crippen molar-refractivity contribution >= 4 is 80.9 Å². The molecule has 2 heteroatoms. The minimum absolute atomic E-state index is 1.12. The monoisotopic (exact) mass is 653 g/mol. The zero-order chi connectivity index (χ0) is 33.0. The van der Waals surface area contributed by atoms with Crippen LogP contribution in [0.5, 0.6) is 0 Å². The Bertz CT molecular complexity index is 2870. The van der Waals surface area contributed by atoms with Crippen LogP contribution in [0.1, 0.15) is 0 Å². The Morgan fingerprint density at radius 1 is 0.300 bits per heavy atom. The number of hydrogen-bond donors (Lipinski definition) is 0. The van der Waals surface area contributed by atoms with Gasteiger partial charge in [0.25, 0.3) is 0 Å². The predicted octanol–water partition coefficient (Wildman–Crippen LogP) is 14.3. The lowest BCUT2D eigenvalue weighted by atomic mass is 9.93. The molecule has 0 radical (unpaired) electrons. The van der Waals surface area contributed by atoms with E-state index in [0.717, 1.165) is 17.1 Å². The molecule has 0 unspecified atom stereocenters. The van der Waals surface area contributed by atoms with Crippen LogP contribution in [-0.4, -0.2) is 0 Å². The van der Waals surface area contributed by atoms with Gasteiger partial charge in [-0.2, -0.15) is 0 Å². The maximum absolute atomic E-state index is 2.40. The van der Waals surface area contributed by atoms with Crippen LogP contribution in [0.15, 0.2) is 188 Å². The molecule has 1 nitrogen and oxygen atoms in total. The van der Waals surface area contributed by atoms with Crippen molar-refractivity contribution in [2.75, 3.05) is 4.90 Å². The lowest BCUT2D eigenvalue weighted by Crippen LogP contribution is -2.10. The van der Waals surface area contributed by atoms with Crippen molar-refractivity contribution in [2.45, 2.75) is 0 Å². The van der Waals surface area contributed by atoms with Crippen molar-refractivity contribution in [2.24, 2.45) is 0 Å². The van der Waals surface area contributed by atoms with Crippen LogP contribution in [0.2, 0.25) is 0 Å². The average Bonchev–Trinajstić information content (AvgIpc) is 3.54. The van der Waals surface area contributed by atoms with Crippen LogP contribution in [0, 0.1) is 0 Å². The molecule has 0 amide bonds. The van der Waals surface area contributed by atoms with Gasteiger partial charge in [-0.05, 0) is 109 Å². The first kappa shape index (κ1) is 28.8. The molecule has 0 aliphatic carbocycles. The van der Waals surface area contributed by atoms with Crippen molar-refractivity contribution < 1.29 is 0 Å². The maximum atomic E-state index is 2.40. The predicted molar refractivity (Wildman–Crippen MR) is 217 cm³/mol. The molecule has 0 bridgehead atoms. The third-order valence-corrected chi connectivity index (χ3v) is 11.1. The number of hydrogen-bond acceptors (Lipinski definition) is 2. The molecule has 10 rings (SSSR count). The van der Waals surface area contributed by atoms with E-state index in [0.29, 0.717) is 0 Å². The first-order valence-electron chi connectivity index (χ1n) is 17.1. The summed E-state index contributed by atoms with van der Waals surface area (Å²) in [5.74, 6) is 0. The molecule has 10 aromatic rings. The quantitative estimate of drug-likeness (QED) is 0.167. The molecule has 234 valence electrons. The Morgan fingerprint density at radius 2 is 0.900 bits per heavy atom. The number of nitrogens with zero attached hydrogens (tertiary/aromatic N) is 1. The summed E-state index contributed by atoms with van der Waals surface area (Å²) in [6.45, 7) is 0. The molecular weight excluding hydrogens is 623 g/mol. The van der Waals surface area contributed by atoms with Gasteiger partial charge in [-0.1, -0.05) is 133 Å². The van der Waals surface area contributed by atoms with Gasteiger partial charge in [0.15, 0.2) is 0 Å². The minimum atomic E-state index is 1.12. The second-order valence-electron chi connectivity index (χ2n) is 13.0. The standard InChI is InChI=1S/C48H31NS/c1-2-11-32(12-3-1)33-21-23-38(24-22-33)49(40-25-26-44-46-28-34-13-4-5-14-35(34)30-47(46)50-48(44)31-40)39-17-10-16-36(27-39)45-29-37-15-6-7-18-41(37)42-19-8-9-20-43(42)45/h1-31H. The van der Waals surface area contributed by atoms with Gasteiger partial charge < -0.3 is 4.90 Å². The third-order valence-electron chi connectivity index (χ3n) is 10.00. The Labute approximate surface area is 294 Å². The zero-order valence-corrected chi connectivity index (χ0v) is 28.1. The first-order chi connectivity index (χ1) is 24.8. The van der Waals surface area contributed by atoms with E-state index in [-0.39, 0.29) is 0 Å². The van der Waals surface area contributed by atoms with Crippen LogP contribution in [0.4, 0.5) is 17.1 Å². The zero-order valence-electron chi connectivity index (χ0n) is 27.3. The summed E-state index contributed by atoms with van der Waals surface area (Å²) in [6.07, 6.45) is 0. The molecule has 0 saturated heterocycles. The van der Waals surface area contributed by atoms with Gasteiger partial charge >= 0.3 is 0 Å². The second kappa shape index (κ2) is 11.7. The number of rotatable bonds is 5. The molecule has 50 heavy (non-hydrogen) atoms. The molecule has 1 heterocycles. The largest absolute Gasteiger partial charge is 0.310 e. The van der Waals surface area contributed by atoms with E-state index in [2.05, 4.69) is 193 Å². The van der Waals surface area contributed by atoms with E-state index in [9.17, 15) is 0 Å². The summed E-state index contributed by atoms with van der Waals surface area (Å²) in [5, 5.41) is 10.3. The van der Waals surface area contributed by atoms with E-state index in [1.165, 1.54) is 74.7 Å². The third kappa shape index (κ3) is 4.84. The van der Waals surface area contributed by atoms with Crippen molar-refractivity contribution in [3.63, 3.8) is 0 Å². The van der Waals surface area contributed by atoms with Crippen molar-refractivity contribution in [1.82, 2.24) is 0 Å². The number of anilines is 3. The Kier molecular flexibility index (Phi) is 6.75. The van der Waals surface area contributed by atoms with Gasteiger partial charge in [0, 0.05) is 37.2 Å². The van der Waals surface area contributed by atoms with Crippen LogP contribution in [-0.2, 0) is 0 Å². The molecule has 9 aromatic carbocycles. The SMILES string of the molecule is c1ccc(-c2ccc(N(c3cccc(-c4cc5ccccc5c5ccccc45)c3)c3ccc4c(c3)sc3cc5ccccc5cc34)cc2)cc1. The van der Waals surface area contributed by atoms with E-state index in [4.69, 9.17) is 0 Å². The molecule has 0 aliphatic heterocycles. The van der Waals surface area contributed by atoms with Crippen molar-refractivity contribution in [3.8, 4) is 22.3 Å². The minimum Gasteiger partial charge on any atom is -0.310 e. The highest BCUT2D eigenvalue weighted by Crippen LogP contribution is 2.43. The average molecular weight is 654 g/mol. The highest BCUT2D eigenvalue weighted by Gasteiger charge is 2.17. The highest BCUT2D eigenvalue weighted by atomic mass is 32.1. The van der Waals surface area contributed by atoms with Crippen molar-refractivity contribution in [3.05, 3.63) is 188 Å². The smallest absolute Gasteiger partial charge is 0.0476 e. The van der Waals surface area contributed by atoms with Crippen LogP contribution < -0.4 is 4.90 Å². The summed E-state index contributed by atoms with van der Waals surface area (Å²) in [6, 6.07) is 68.8. The summed E-state index contributed by atoms with van der Waals surface area (Å²) in [5.41, 5.74) is 8.25. The van der Waals surface area contributed by atoms with E-state index >= 15 is 0 Å². The molecule has 1 aromatic heterocycles. The van der Waals surface area contributed by atoms with E-state index in [1.54, 1.807) is 0 Å². The van der Waals surface area contributed by atoms with Gasteiger partial charge in [0.2, 0.25) is 0 Å². The van der Waals surface area contributed by atoms with Crippen LogP contribution in [0.25, 0.3) is 74.7 Å². The Hall–Kier alpha value is -6.22. The lowest BCUT2D eigenvalue weighted by Gasteiger charge is -2.26. The molecule has 0 saturated carbocycles. The van der Waals surface area contributed by atoms with Gasteiger partial charge in [-0.3, -0.25) is 0 Å². The van der Waals surface area contributed by atoms with E-state index in [1.807, 2.05) is 11.3 Å². The number of thiophene rings is 1. The summed E-state index contributed by atoms with van der Waals surface area (Å²) >= 11 is 1.87. The number of fused-ring (bicyclic) bond motifs is 7. The fraction of sp³-hybridized carbons (Fsp3) is 0. The Morgan fingerprint density at radius 3 is 1.72 bits per heavy atom. The highest BCUT2D eigenvalue weighted by molar-refractivity contribution is 7.25. The van der Waals surface area contributed by atoms with Crippen LogP contribution >= 0.6 is 11.3 Å². The molecule has 0 atom stereocenters. The molecular formula is C48H31NS. The molecule has 0 fully saturated rings. The fourth-order valence-electron chi connectivity index (χ4n) is 7.58. The van der Waals surface area contributed by atoms with Gasteiger partial charge in [0.05, 0.1) is 0 Å². The van der Waals surface area contributed by atoms with E-state index < -0.39 is 0 Å². The fourth-order valence-corrected chi connectivity index (χ4v) is 8.75. The number of benzene rings is 9.